The van der Waals surface area contributed by atoms with Crippen molar-refractivity contribution in [3.63, 3.8) is 0 Å². The monoisotopic (exact) mass is 356 g/mol. The van der Waals surface area contributed by atoms with E-state index in [-0.39, 0.29) is 12.0 Å². The number of benzene rings is 2. The summed E-state index contributed by atoms with van der Waals surface area (Å²) in [4.78, 5) is 11.8. The molecule has 25 heavy (non-hydrogen) atoms. The summed E-state index contributed by atoms with van der Waals surface area (Å²) < 4.78 is 4.80. The molecule has 0 aliphatic carbocycles. The van der Waals surface area contributed by atoms with Crippen LogP contribution in [0.4, 0.5) is 5.69 Å². The first kappa shape index (κ1) is 18.9. The molecule has 0 aliphatic heterocycles. The lowest BCUT2D eigenvalue weighted by Gasteiger charge is -2.18. The highest BCUT2D eigenvalue weighted by atomic mass is 32.1. The maximum Gasteiger partial charge on any atom is 0.338 e. The number of anilines is 1. The standard InChI is InChI=1S/C20H24N2O2S/c1-14(12-13-16-8-5-4-6-9-16)21-20(25)22-18-11-7-10-17(15(18)2)19(23)24-3/h4-11,14H,12-13H2,1-3H3,(H2,21,22,25)/t14-/m1/s1. The number of carbonyl (C=O) groups is 1. The van der Waals surface area contributed by atoms with Gasteiger partial charge < -0.3 is 15.4 Å². The summed E-state index contributed by atoms with van der Waals surface area (Å²) in [5.41, 5.74) is 3.47. The molecule has 0 fully saturated rings. The van der Waals surface area contributed by atoms with Crippen LogP contribution >= 0.6 is 12.2 Å². The van der Waals surface area contributed by atoms with Gasteiger partial charge in [-0.15, -0.1) is 0 Å². The Hall–Kier alpha value is -2.40. The lowest BCUT2D eigenvalue weighted by Crippen LogP contribution is -2.36. The van der Waals surface area contributed by atoms with Crippen molar-refractivity contribution in [1.82, 2.24) is 5.32 Å². The minimum absolute atomic E-state index is 0.240. The Kier molecular flexibility index (Phi) is 6.95. The fourth-order valence-electron chi connectivity index (χ4n) is 2.58. The van der Waals surface area contributed by atoms with E-state index < -0.39 is 0 Å². The Morgan fingerprint density at radius 2 is 1.88 bits per heavy atom. The second-order valence-corrected chi connectivity index (χ2v) is 6.40. The van der Waals surface area contributed by atoms with E-state index in [1.165, 1.54) is 12.7 Å². The van der Waals surface area contributed by atoms with Gasteiger partial charge >= 0.3 is 5.97 Å². The molecule has 0 heterocycles. The molecular weight excluding hydrogens is 332 g/mol. The maximum absolute atomic E-state index is 11.8. The molecule has 2 aromatic rings. The molecule has 2 N–H and O–H groups in total. The van der Waals surface area contributed by atoms with Gasteiger partial charge in [0.15, 0.2) is 5.11 Å². The first-order chi connectivity index (χ1) is 12.0. The largest absolute Gasteiger partial charge is 0.465 e. The van der Waals surface area contributed by atoms with Crippen LogP contribution in [0.3, 0.4) is 0 Å². The highest BCUT2D eigenvalue weighted by molar-refractivity contribution is 7.80. The van der Waals surface area contributed by atoms with Crippen molar-refractivity contribution in [3.8, 4) is 0 Å². The topological polar surface area (TPSA) is 50.4 Å². The summed E-state index contributed by atoms with van der Waals surface area (Å²) in [6, 6.07) is 16.1. The summed E-state index contributed by atoms with van der Waals surface area (Å²) in [6.07, 6.45) is 1.97. The maximum atomic E-state index is 11.8. The number of thiocarbonyl (C=S) groups is 1. The number of rotatable bonds is 6. The van der Waals surface area contributed by atoms with Gasteiger partial charge in [0.1, 0.15) is 0 Å². The second kappa shape index (κ2) is 9.18. The van der Waals surface area contributed by atoms with E-state index in [1.807, 2.05) is 25.1 Å². The van der Waals surface area contributed by atoms with E-state index in [2.05, 4.69) is 41.8 Å². The summed E-state index contributed by atoms with van der Waals surface area (Å²) in [5.74, 6) is -0.351. The zero-order chi connectivity index (χ0) is 18.2. The highest BCUT2D eigenvalue weighted by Crippen LogP contribution is 2.19. The van der Waals surface area contributed by atoms with Crippen LogP contribution in [0.1, 0.15) is 34.8 Å². The molecule has 1 atom stereocenters. The number of aryl methyl sites for hydroxylation is 1. The summed E-state index contributed by atoms with van der Waals surface area (Å²) in [5, 5.41) is 7.01. The Bertz CT molecular complexity index is 732. The van der Waals surface area contributed by atoms with Gasteiger partial charge in [-0.3, -0.25) is 0 Å². The Morgan fingerprint density at radius 3 is 2.56 bits per heavy atom. The molecule has 0 bridgehead atoms. The summed E-state index contributed by atoms with van der Waals surface area (Å²) in [7, 11) is 1.38. The van der Waals surface area contributed by atoms with Crippen LogP contribution in [-0.2, 0) is 11.2 Å². The van der Waals surface area contributed by atoms with Crippen molar-refractivity contribution < 1.29 is 9.53 Å². The van der Waals surface area contributed by atoms with Crippen molar-refractivity contribution >= 4 is 29.0 Å². The number of hydrogen-bond donors (Lipinski definition) is 2. The predicted molar refractivity (Wildman–Crippen MR) is 106 cm³/mol. The molecule has 0 unspecified atom stereocenters. The van der Waals surface area contributed by atoms with E-state index >= 15 is 0 Å². The smallest absolute Gasteiger partial charge is 0.338 e. The zero-order valence-corrected chi connectivity index (χ0v) is 15.7. The normalized spacial score (nSPS) is 11.5. The Morgan fingerprint density at radius 1 is 1.16 bits per heavy atom. The van der Waals surface area contributed by atoms with Crippen LogP contribution in [0.2, 0.25) is 0 Å². The molecule has 0 aliphatic rings. The van der Waals surface area contributed by atoms with E-state index in [9.17, 15) is 4.79 Å². The summed E-state index contributed by atoms with van der Waals surface area (Å²) in [6.45, 7) is 3.98. The third kappa shape index (κ3) is 5.57. The van der Waals surface area contributed by atoms with Gasteiger partial charge in [0.25, 0.3) is 0 Å². The van der Waals surface area contributed by atoms with Crippen LogP contribution in [0.15, 0.2) is 48.5 Å². The van der Waals surface area contributed by atoms with Gasteiger partial charge in [0.2, 0.25) is 0 Å². The molecule has 2 aromatic carbocycles. The van der Waals surface area contributed by atoms with Crippen molar-refractivity contribution in [1.29, 1.82) is 0 Å². The molecular formula is C20H24N2O2S. The van der Waals surface area contributed by atoms with Crippen LogP contribution in [-0.4, -0.2) is 24.2 Å². The number of hydrogen-bond acceptors (Lipinski definition) is 3. The van der Waals surface area contributed by atoms with Gasteiger partial charge in [0.05, 0.1) is 12.7 Å². The Balaban J connectivity index is 1.90. The SMILES string of the molecule is COC(=O)c1cccc(NC(=S)N[C@H](C)CCc2ccccc2)c1C. The van der Waals surface area contributed by atoms with Crippen LogP contribution in [0.5, 0.6) is 0 Å². The van der Waals surface area contributed by atoms with E-state index in [0.717, 1.165) is 24.1 Å². The molecule has 0 radical (unpaired) electrons. The van der Waals surface area contributed by atoms with Gasteiger partial charge in [0, 0.05) is 11.7 Å². The second-order valence-electron chi connectivity index (χ2n) is 5.99. The lowest BCUT2D eigenvalue weighted by molar-refractivity contribution is 0.0600. The van der Waals surface area contributed by atoms with Crippen LogP contribution < -0.4 is 10.6 Å². The molecule has 0 amide bonds. The van der Waals surface area contributed by atoms with Crippen molar-refractivity contribution in [2.45, 2.75) is 32.7 Å². The number of ether oxygens (including phenoxy) is 1. The molecule has 0 saturated carbocycles. The van der Waals surface area contributed by atoms with Crippen molar-refractivity contribution in [3.05, 3.63) is 65.2 Å². The lowest BCUT2D eigenvalue weighted by atomic mass is 10.1. The zero-order valence-electron chi connectivity index (χ0n) is 14.8. The number of esters is 1. The minimum Gasteiger partial charge on any atom is -0.465 e. The Labute approximate surface area is 154 Å². The average Bonchev–Trinajstić information content (AvgIpc) is 2.62. The number of nitrogens with one attached hydrogen (secondary N) is 2. The fraction of sp³-hybridized carbons (Fsp3) is 0.300. The predicted octanol–water partition coefficient (Wildman–Crippen LogP) is 4.09. The van der Waals surface area contributed by atoms with Gasteiger partial charge in [-0.2, -0.15) is 0 Å². The third-order valence-corrected chi connectivity index (χ3v) is 4.29. The third-order valence-electron chi connectivity index (χ3n) is 4.07. The molecule has 2 rings (SSSR count). The first-order valence-corrected chi connectivity index (χ1v) is 8.71. The van der Waals surface area contributed by atoms with Gasteiger partial charge in [-0.1, -0.05) is 36.4 Å². The number of carbonyl (C=O) groups excluding carboxylic acids is 1. The molecule has 132 valence electrons. The number of methoxy groups -OCH3 is 1. The summed E-state index contributed by atoms with van der Waals surface area (Å²) >= 11 is 5.40. The average molecular weight is 356 g/mol. The van der Waals surface area contributed by atoms with E-state index in [4.69, 9.17) is 17.0 Å². The van der Waals surface area contributed by atoms with Gasteiger partial charge in [-0.25, -0.2) is 4.79 Å². The van der Waals surface area contributed by atoms with E-state index in [1.54, 1.807) is 6.07 Å². The molecule has 4 nitrogen and oxygen atoms in total. The molecule has 0 aromatic heterocycles. The van der Waals surface area contributed by atoms with Crippen LogP contribution in [0, 0.1) is 6.92 Å². The minimum atomic E-state index is -0.351. The van der Waals surface area contributed by atoms with Gasteiger partial charge in [-0.05, 0) is 62.2 Å². The van der Waals surface area contributed by atoms with Crippen molar-refractivity contribution in [2.24, 2.45) is 0 Å². The fourth-order valence-corrected chi connectivity index (χ4v) is 2.90. The molecule has 0 saturated heterocycles. The molecule has 0 spiro atoms. The molecule has 5 heteroatoms. The quantitative estimate of drug-likeness (QED) is 0.603. The van der Waals surface area contributed by atoms with Crippen LogP contribution in [0.25, 0.3) is 0 Å². The van der Waals surface area contributed by atoms with Crippen molar-refractivity contribution in [2.75, 3.05) is 12.4 Å². The van der Waals surface area contributed by atoms with E-state index in [0.29, 0.717) is 10.7 Å². The highest BCUT2D eigenvalue weighted by Gasteiger charge is 2.13. The first-order valence-electron chi connectivity index (χ1n) is 8.30.